The highest BCUT2D eigenvalue weighted by molar-refractivity contribution is 7.99. The summed E-state index contributed by atoms with van der Waals surface area (Å²) in [5, 5.41) is 13.3. The lowest BCUT2D eigenvalue weighted by molar-refractivity contribution is -0.122. The number of hydrogen-bond donors (Lipinski definition) is 2. The molecule has 2 N–H and O–H groups in total. The second-order valence-electron chi connectivity index (χ2n) is 4.86. The molecule has 1 aromatic rings. The van der Waals surface area contributed by atoms with Crippen LogP contribution in [0.3, 0.4) is 0 Å². The molecule has 4 heteroatoms. The minimum atomic E-state index is -0.559. The zero-order valence-corrected chi connectivity index (χ0v) is 12.6. The largest absolute Gasteiger partial charge is 0.391 e. The van der Waals surface area contributed by atoms with Crippen LogP contribution in [0.15, 0.2) is 30.3 Å². The van der Waals surface area contributed by atoms with Gasteiger partial charge in [-0.2, -0.15) is 11.8 Å². The highest BCUT2D eigenvalue weighted by atomic mass is 32.2. The summed E-state index contributed by atoms with van der Waals surface area (Å²) in [6.07, 6.45) is 2.48. The minimum absolute atomic E-state index is 0.00135. The van der Waals surface area contributed by atoms with Crippen LogP contribution in [0, 0.1) is 0 Å². The smallest absolute Gasteiger partial charge is 0.221 e. The molecule has 0 aliphatic carbocycles. The van der Waals surface area contributed by atoms with E-state index in [9.17, 15) is 9.90 Å². The van der Waals surface area contributed by atoms with Gasteiger partial charge < -0.3 is 10.4 Å². The monoisotopic (exact) mass is 281 g/mol. The van der Waals surface area contributed by atoms with Crippen molar-refractivity contribution in [1.29, 1.82) is 0 Å². The maximum atomic E-state index is 11.7. The van der Waals surface area contributed by atoms with Crippen LogP contribution in [0.2, 0.25) is 0 Å². The van der Waals surface area contributed by atoms with E-state index in [1.807, 2.05) is 50.4 Å². The van der Waals surface area contributed by atoms with E-state index in [-0.39, 0.29) is 11.9 Å². The van der Waals surface area contributed by atoms with E-state index in [0.29, 0.717) is 18.1 Å². The number of rotatable bonds is 7. The van der Waals surface area contributed by atoms with Crippen molar-refractivity contribution in [2.24, 2.45) is 0 Å². The zero-order chi connectivity index (χ0) is 14.3. The second-order valence-corrected chi connectivity index (χ2v) is 6.14. The Morgan fingerprint density at radius 1 is 1.32 bits per heavy atom. The van der Waals surface area contributed by atoms with Crippen LogP contribution in [-0.4, -0.2) is 34.7 Å². The number of hydrogen-bond acceptors (Lipinski definition) is 3. The number of nitrogens with one attached hydrogen (secondary N) is 1. The Labute approximate surface area is 119 Å². The first kappa shape index (κ1) is 16.1. The summed E-state index contributed by atoms with van der Waals surface area (Å²) in [6.45, 7) is 3.87. The lowest BCUT2D eigenvalue weighted by Crippen LogP contribution is -2.42. The highest BCUT2D eigenvalue weighted by Crippen LogP contribution is 2.10. The summed E-state index contributed by atoms with van der Waals surface area (Å²) in [4.78, 5) is 11.7. The van der Waals surface area contributed by atoms with Gasteiger partial charge in [-0.3, -0.25) is 4.79 Å². The van der Waals surface area contributed by atoms with Crippen LogP contribution in [0.4, 0.5) is 0 Å². The van der Waals surface area contributed by atoms with Gasteiger partial charge in [0.2, 0.25) is 5.91 Å². The molecule has 19 heavy (non-hydrogen) atoms. The van der Waals surface area contributed by atoms with Crippen molar-refractivity contribution in [2.45, 2.75) is 44.1 Å². The number of aliphatic hydroxyl groups is 1. The molecule has 106 valence electrons. The van der Waals surface area contributed by atoms with E-state index in [1.54, 1.807) is 11.8 Å². The standard InChI is InChI=1S/C15H23NO2S/c1-11(19-3)9-15(18)16-12(2)14(17)10-13-7-5-4-6-8-13/h4-8,11-12,14,17H,9-10H2,1-3H3,(H,16,18). The average molecular weight is 281 g/mol. The van der Waals surface area contributed by atoms with Gasteiger partial charge >= 0.3 is 0 Å². The Bertz CT molecular complexity index is 383. The summed E-state index contributed by atoms with van der Waals surface area (Å²) in [5.41, 5.74) is 1.08. The first-order chi connectivity index (χ1) is 9.02. The molecule has 0 bridgehead atoms. The number of benzene rings is 1. The Kier molecular flexibility index (Phi) is 6.95. The minimum Gasteiger partial charge on any atom is -0.391 e. The lowest BCUT2D eigenvalue weighted by atomic mass is 10.0. The molecule has 0 aromatic heterocycles. The quantitative estimate of drug-likeness (QED) is 0.806. The van der Waals surface area contributed by atoms with Crippen molar-refractivity contribution in [3.63, 3.8) is 0 Å². The van der Waals surface area contributed by atoms with Gasteiger partial charge in [-0.25, -0.2) is 0 Å². The van der Waals surface area contributed by atoms with Crippen LogP contribution in [0.25, 0.3) is 0 Å². The van der Waals surface area contributed by atoms with Gasteiger partial charge in [0.05, 0.1) is 12.1 Å². The van der Waals surface area contributed by atoms with Crippen LogP contribution in [0.1, 0.15) is 25.8 Å². The van der Waals surface area contributed by atoms with Crippen LogP contribution in [0.5, 0.6) is 0 Å². The molecule has 0 fully saturated rings. The topological polar surface area (TPSA) is 49.3 Å². The summed E-state index contributed by atoms with van der Waals surface area (Å²) < 4.78 is 0. The first-order valence-corrected chi connectivity index (χ1v) is 7.86. The van der Waals surface area contributed by atoms with Crippen molar-refractivity contribution in [3.8, 4) is 0 Å². The molecule has 0 heterocycles. The molecule has 0 aliphatic heterocycles. The Morgan fingerprint density at radius 2 is 1.95 bits per heavy atom. The van der Waals surface area contributed by atoms with Gasteiger partial charge in [0.1, 0.15) is 0 Å². The molecular formula is C15H23NO2S. The van der Waals surface area contributed by atoms with Crippen molar-refractivity contribution >= 4 is 17.7 Å². The number of carbonyl (C=O) groups excluding carboxylic acids is 1. The molecule has 3 unspecified atom stereocenters. The van der Waals surface area contributed by atoms with Crippen LogP contribution >= 0.6 is 11.8 Å². The molecule has 1 aromatic carbocycles. The average Bonchev–Trinajstić information content (AvgIpc) is 2.39. The fourth-order valence-corrected chi connectivity index (χ4v) is 2.10. The maximum Gasteiger partial charge on any atom is 0.221 e. The fourth-order valence-electron chi connectivity index (χ4n) is 1.79. The van der Waals surface area contributed by atoms with E-state index >= 15 is 0 Å². The Hall–Kier alpha value is -1.00. The Morgan fingerprint density at radius 3 is 2.53 bits per heavy atom. The molecule has 0 saturated heterocycles. The second kappa shape index (κ2) is 8.23. The van der Waals surface area contributed by atoms with E-state index in [0.717, 1.165) is 5.56 Å². The van der Waals surface area contributed by atoms with Gasteiger partial charge in [-0.1, -0.05) is 37.3 Å². The number of thioether (sulfide) groups is 1. The van der Waals surface area contributed by atoms with Crippen molar-refractivity contribution in [3.05, 3.63) is 35.9 Å². The molecule has 0 radical (unpaired) electrons. The zero-order valence-electron chi connectivity index (χ0n) is 11.8. The number of amides is 1. The van der Waals surface area contributed by atoms with E-state index in [4.69, 9.17) is 0 Å². The molecule has 0 aliphatic rings. The van der Waals surface area contributed by atoms with Crippen molar-refractivity contribution in [1.82, 2.24) is 5.32 Å². The highest BCUT2D eigenvalue weighted by Gasteiger charge is 2.17. The third-order valence-electron chi connectivity index (χ3n) is 3.13. The predicted molar refractivity (Wildman–Crippen MR) is 81.4 cm³/mol. The summed E-state index contributed by atoms with van der Waals surface area (Å²) in [7, 11) is 0. The molecular weight excluding hydrogens is 258 g/mol. The summed E-state index contributed by atoms with van der Waals surface area (Å²) in [5.74, 6) is 0.00135. The molecule has 1 amide bonds. The van der Waals surface area contributed by atoms with Gasteiger partial charge in [0.15, 0.2) is 0 Å². The Balaban J connectivity index is 2.40. The van der Waals surface area contributed by atoms with Gasteiger partial charge in [0.25, 0.3) is 0 Å². The SMILES string of the molecule is CSC(C)CC(=O)NC(C)C(O)Cc1ccccc1. The molecule has 0 saturated carbocycles. The predicted octanol–water partition coefficient (Wildman–Crippen LogP) is 2.24. The van der Waals surface area contributed by atoms with E-state index < -0.39 is 6.10 Å². The fraction of sp³-hybridized carbons (Fsp3) is 0.533. The molecule has 1 rings (SSSR count). The summed E-state index contributed by atoms with van der Waals surface area (Å²) >= 11 is 1.67. The van der Waals surface area contributed by atoms with Gasteiger partial charge in [-0.15, -0.1) is 0 Å². The number of carbonyl (C=O) groups is 1. The van der Waals surface area contributed by atoms with Crippen LogP contribution in [-0.2, 0) is 11.2 Å². The maximum absolute atomic E-state index is 11.7. The molecule has 3 atom stereocenters. The summed E-state index contributed by atoms with van der Waals surface area (Å²) in [6, 6.07) is 9.57. The van der Waals surface area contributed by atoms with E-state index in [2.05, 4.69) is 5.32 Å². The molecule has 0 spiro atoms. The van der Waals surface area contributed by atoms with Gasteiger partial charge in [-0.05, 0) is 18.7 Å². The third-order valence-corrected chi connectivity index (χ3v) is 4.10. The van der Waals surface area contributed by atoms with Gasteiger partial charge in [0, 0.05) is 18.1 Å². The van der Waals surface area contributed by atoms with E-state index in [1.165, 1.54) is 0 Å². The lowest BCUT2D eigenvalue weighted by Gasteiger charge is -2.21. The normalized spacial score (nSPS) is 15.6. The number of aliphatic hydroxyl groups excluding tert-OH is 1. The first-order valence-electron chi connectivity index (χ1n) is 6.57. The molecule has 3 nitrogen and oxygen atoms in total. The van der Waals surface area contributed by atoms with Crippen molar-refractivity contribution < 1.29 is 9.90 Å². The third kappa shape index (κ3) is 6.12. The van der Waals surface area contributed by atoms with Crippen LogP contribution < -0.4 is 5.32 Å². The van der Waals surface area contributed by atoms with Crippen molar-refractivity contribution in [2.75, 3.05) is 6.26 Å².